The van der Waals surface area contributed by atoms with Crippen LogP contribution in [0.4, 0.5) is 0 Å². The quantitative estimate of drug-likeness (QED) is 0.481. The number of cyclic esters (lactones) is 1. The smallest absolute Gasteiger partial charge is 0.342 e. The minimum absolute atomic E-state index is 0.000772. The van der Waals surface area contributed by atoms with Gasteiger partial charge in [0.2, 0.25) is 0 Å². The zero-order valence-electron chi connectivity index (χ0n) is 13.6. The van der Waals surface area contributed by atoms with E-state index in [9.17, 15) is 24.9 Å². The van der Waals surface area contributed by atoms with Gasteiger partial charge in [0.25, 0.3) is 0 Å². The van der Waals surface area contributed by atoms with Crippen LogP contribution >= 0.6 is 11.6 Å². The van der Waals surface area contributed by atoms with Gasteiger partial charge in [-0.1, -0.05) is 29.8 Å². The number of allylic oxidation sites excluding steroid dienone is 1. The summed E-state index contributed by atoms with van der Waals surface area (Å²) in [7, 11) is 0. The number of aromatic hydroxyl groups is 2. The highest BCUT2D eigenvalue weighted by atomic mass is 35.5. The van der Waals surface area contributed by atoms with Crippen molar-refractivity contribution in [1.29, 1.82) is 0 Å². The number of phenolic OH excluding ortho intramolecular Hbond substituents is 2. The molecule has 0 unspecified atom stereocenters. The highest BCUT2D eigenvalue weighted by molar-refractivity contribution is 6.33. The Kier molecular flexibility index (Phi) is 6.22. The van der Waals surface area contributed by atoms with Gasteiger partial charge in [0.05, 0.1) is 11.1 Å². The standard InChI is InChI=1S/C18H19ClO6/c1-10-4-2-5-11(20)6-3-7-12(21)8-13-16(18(24)25-10)14(22)9-15(23)17(13)19/h2-3,5,7,9-11,20,22-23H,4,6,8H2,1H3/t10-,11+/m1/s1. The third kappa shape index (κ3) is 4.84. The van der Waals surface area contributed by atoms with E-state index in [4.69, 9.17) is 16.3 Å². The first kappa shape index (κ1) is 19.0. The Morgan fingerprint density at radius 2 is 1.88 bits per heavy atom. The summed E-state index contributed by atoms with van der Waals surface area (Å²) in [6.07, 6.45) is 5.06. The van der Waals surface area contributed by atoms with Crippen molar-refractivity contribution in [3.8, 4) is 11.5 Å². The lowest BCUT2D eigenvalue weighted by Crippen LogP contribution is -2.18. The van der Waals surface area contributed by atoms with Crippen molar-refractivity contribution in [2.24, 2.45) is 0 Å². The van der Waals surface area contributed by atoms with Crippen molar-refractivity contribution in [2.75, 3.05) is 0 Å². The topological polar surface area (TPSA) is 104 Å². The molecule has 6 nitrogen and oxygen atoms in total. The Morgan fingerprint density at radius 3 is 2.60 bits per heavy atom. The average molecular weight is 367 g/mol. The summed E-state index contributed by atoms with van der Waals surface area (Å²) in [6.45, 7) is 1.66. The number of rotatable bonds is 0. The number of benzene rings is 1. The molecule has 7 heteroatoms. The fourth-order valence-electron chi connectivity index (χ4n) is 2.45. The molecule has 1 heterocycles. The van der Waals surface area contributed by atoms with E-state index in [1.165, 1.54) is 12.2 Å². The molecule has 0 fully saturated rings. The van der Waals surface area contributed by atoms with Crippen molar-refractivity contribution in [1.82, 2.24) is 0 Å². The van der Waals surface area contributed by atoms with Gasteiger partial charge in [-0.2, -0.15) is 0 Å². The average Bonchev–Trinajstić information content (AvgIpc) is 2.51. The maximum absolute atomic E-state index is 12.4. The van der Waals surface area contributed by atoms with Gasteiger partial charge in [-0.15, -0.1) is 0 Å². The van der Waals surface area contributed by atoms with Crippen LogP contribution in [-0.4, -0.2) is 39.3 Å². The van der Waals surface area contributed by atoms with Crippen LogP contribution in [-0.2, 0) is 16.0 Å². The molecule has 134 valence electrons. The van der Waals surface area contributed by atoms with E-state index < -0.39 is 35.5 Å². The van der Waals surface area contributed by atoms with E-state index in [0.29, 0.717) is 6.42 Å². The van der Waals surface area contributed by atoms with Crippen molar-refractivity contribution in [3.05, 3.63) is 46.5 Å². The Hall–Kier alpha value is -2.31. The van der Waals surface area contributed by atoms with E-state index >= 15 is 0 Å². The summed E-state index contributed by atoms with van der Waals surface area (Å²) in [5, 5.41) is 29.4. The van der Waals surface area contributed by atoms with Gasteiger partial charge in [0.15, 0.2) is 5.78 Å². The van der Waals surface area contributed by atoms with E-state index in [2.05, 4.69) is 0 Å². The number of hydrogen-bond acceptors (Lipinski definition) is 6. The van der Waals surface area contributed by atoms with E-state index in [1.54, 1.807) is 19.1 Å². The molecule has 0 radical (unpaired) electrons. The normalized spacial score (nSPS) is 22.2. The van der Waals surface area contributed by atoms with Crippen molar-refractivity contribution >= 4 is 23.4 Å². The Bertz CT molecular complexity index is 738. The van der Waals surface area contributed by atoms with Crippen molar-refractivity contribution < 1.29 is 29.6 Å². The number of carbonyl (C=O) groups is 2. The van der Waals surface area contributed by atoms with Gasteiger partial charge in [0, 0.05) is 24.5 Å². The molecular weight excluding hydrogens is 348 g/mol. The zero-order valence-corrected chi connectivity index (χ0v) is 14.4. The van der Waals surface area contributed by atoms with Gasteiger partial charge < -0.3 is 20.1 Å². The molecule has 25 heavy (non-hydrogen) atoms. The first-order valence-corrected chi connectivity index (χ1v) is 8.15. The van der Waals surface area contributed by atoms with E-state index in [-0.39, 0.29) is 29.0 Å². The van der Waals surface area contributed by atoms with Gasteiger partial charge in [-0.05, 0) is 19.4 Å². The van der Waals surface area contributed by atoms with Crippen LogP contribution < -0.4 is 0 Å². The summed E-state index contributed by atoms with van der Waals surface area (Å²) in [6, 6.07) is 0.937. The van der Waals surface area contributed by atoms with Crippen LogP contribution in [0.5, 0.6) is 11.5 Å². The van der Waals surface area contributed by atoms with Gasteiger partial charge in [0.1, 0.15) is 23.2 Å². The highest BCUT2D eigenvalue weighted by Gasteiger charge is 2.25. The van der Waals surface area contributed by atoms with Crippen LogP contribution in [0.15, 0.2) is 30.4 Å². The summed E-state index contributed by atoms with van der Waals surface area (Å²) in [5.74, 6) is -2.19. The maximum Gasteiger partial charge on any atom is 0.342 e. The largest absolute Gasteiger partial charge is 0.507 e. The van der Waals surface area contributed by atoms with Gasteiger partial charge >= 0.3 is 5.97 Å². The lowest BCUT2D eigenvalue weighted by Gasteiger charge is -2.16. The lowest BCUT2D eigenvalue weighted by atomic mass is 9.99. The molecule has 0 aromatic heterocycles. The summed E-state index contributed by atoms with van der Waals surface area (Å²) < 4.78 is 5.27. The first-order chi connectivity index (χ1) is 11.8. The molecule has 0 saturated heterocycles. The number of halogens is 1. The molecule has 1 aliphatic rings. The predicted molar refractivity (Wildman–Crippen MR) is 91.9 cm³/mol. The number of hydrogen-bond donors (Lipinski definition) is 3. The second kappa shape index (κ2) is 8.18. The minimum Gasteiger partial charge on any atom is -0.507 e. The molecule has 1 aromatic rings. The molecule has 0 amide bonds. The van der Waals surface area contributed by atoms with E-state index in [1.807, 2.05) is 0 Å². The van der Waals surface area contributed by atoms with Crippen LogP contribution in [0.3, 0.4) is 0 Å². The second-order valence-corrected chi connectivity index (χ2v) is 6.19. The number of esters is 1. The monoisotopic (exact) mass is 366 g/mol. The SMILES string of the molecule is C[C@@H]1CC=C[C@H](O)CC=CC(=O)Cc2c(Cl)c(O)cc(O)c2C(=O)O1. The maximum atomic E-state index is 12.4. The molecule has 0 bridgehead atoms. The summed E-state index contributed by atoms with van der Waals surface area (Å²) in [4.78, 5) is 24.5. The molecule has 2 rings (SSSR count). The van der Waals surface area contributed by atoms with Gasteiger partial charge in [-0.25, -0.2) is 4.79 Å². The zero-order chi connectivity index (χ0) is 18.6. The first-order valence-electron chi connectivity index (χ1n) is 7.78. The third-order valence-electron chi connectivity index (χ3n) is 3.69. The van der Waals surface area contributed by atoms with Crippen molar-refractivity contribution in [2.45, 2.75) is 38.4 Å². The van der Waals surface area contributed by atoms with Crippen molar-refractivity contribution in [3.63, 3.8) is 0 Å². The van der Waals surface area contributed by atoms with Crippen LogP contribution in [0.25, 0.3) is 0 Å². The fourth-order valence-corrected chi connectivity index (χ4v) is 2.66. The Balaban J connectivity index is 2.49. The summed E-state index contributed by atoms with van der Waals surface area (Å²) in [5.41, 5.74) is -0.239. The number of phenols is 2. The number of ketones is 1. The minimum atomic E-state index is -0.843. The number of aliphatic hydroxyl groups is 1. The van der Waals surface area contributed by atoms with E-state index in [0.717, 1.165) is 6.07 Å². The molecule has 3 N–H and O–H groups in total. The van der Waals surface area contributed by atoms with Crippen LogP contribution in [0.2, 0.25) is 5.02 Å². The Morgan fingerprint density at radius 1 is 1.16 bits per heavy atom. The molecule has 1 aromatic carbocycles. The molecule has 0 aliphatic carbocycles. The van der Waals surface area contributed by atoms with Gasteiger partial charge in [-0.3, -0.25) is 4.79 Å². The molecule has 1 aliphatic heterocycles. The molecule has 0 saturated carbocycles. The van der Waals surface area contributed by atoms with Crippen LogP contribution in [0, 0.1) is 0 Å². The Labute approximate surface area is 150 Å². The number of carbonyl (C=O) groups excluding carboxylic acids is 2. The number of ether oxygens (including phenoxy) is 1. The second-order valence-electron chi connectivity index (χ2n) is 5.81. The fraction of sp³-hybridized carbons (Fsp3) is 0.333. The summed E-state index contributed by atoms with van der Waals surface area (Å²) >= 11 is 6.03. The third-order valence-corrected chi connectivity index (χ3v) is 4.11. The molecule has 0 spiro atoms. The highest BCUT2D eigenvalue weighted by Crippen LogP contribution is 2.37. The predicted octanol–water partition coefficient (Wildman–Crippen LogP) is 2.68. The lowest BCUT2D eigenvalue weighted by molar-refractivity contribution is -0.114. The van der Waals surface area contributed by atoms with Crippen LogP contribution in [0.1, 0.15) is 35.7 Å². The number of fused-ring (bicyclic) bond motifs is 1. The molecular formula is C18H19ClO6. The number of aliphatic hydroxyl groups excluding tert-OH is 1. The molecule has 2 atom stereocenters.